The van der Waals surface area contributed by atoms with Gasteiger partial charge in [0.15, 0.2) is 0 Å². The first-order valence-corrected chi connectivity index (χ1v) is 9.98. The Balaban J connectivity index is 1.78. The first-order valence-electron chi connectivity index (χ1n) is 9.98. The van der Waals surface area contributed by atoms with Crippen LogP contribution in [0.2, 0.25) is 0 Å². The summed E-state index contributed by atoms with van der Waals surface area (Å²) >= 11 is 0. The van der Waals surface area contributed by atoms with Crippen LogP contribution in [0.3, 0.4) is 0 Å². The van der Waals surface area contributed by atoms with E-state index in [1.807, 2.05) is 6.92 Å². The molecule has 1 aromatic rings. The molecule has 2 saturated heterocycles. The van der Waals surface area contributed by atoms with Gasteiger partial charge < -0.3 is 9.30 Å². The van der Waals surface area contributed by atoms with E-state index in [1.54, 1.807) is 0 Å². The molecule has 0 aromatic carbocycles. The van der Waals surface area contributed by atoms with Crippen molar-refractivity contribution in [3.8, 4) is 0 Å². The van der Waals surface area contributed by atoms with Crippen molar-refractivity contribution >= 4 is 5.97 Å². The van der Waals surface area contributed by atoms with Crippen molar-refractivity contribution < 1.29 is 9.53 Å². The van der Waals surface area contributed by atoms with Crippen molar-refractivity contribution in [2.75, 3.05) is 32.8 Å². The molecule has 1 unspecified atom stereocenters. The molecule has 0 amide bonds. The quantitative estimate of drug-likeness (QED) is 0.741. The Bertz CT molecular complexity index is 557. The number of nitrogens with zero attached hydrogens (tertiary/aromatic N) is 3. The third-order valence-electron chi connectivity index (χ3n) is 5.64. The van der Waals surface area contributed by atoms with Crippen LogP contribution < -0.4 is 0 Å². The van der Waals surface area contributed by atoms with Crippen LogP contribution in [0.4, 0.5) is 0 Å². The molecule has 0 saturated carbocycles. The van der Waals surface area contributed by atoms with E-state index in [0.29, 0.717) is 6.61 Å². The van der Waals surface area contributed by atoms with Gasteiger partial charge in [-0.1, -0.05) is 12.8 Å². The van der Waals surface area contributed by atoms with Crippen LogP contribution >= 0.6 is 0 Å². The summed E-state index contributed by atoms with van der Waals surface area (Å²) in [6.45, 7) is 7.65. The lowest BCUT2D eigenvalue weighted by molar-refractivity contribution is -0.150. The van der Waals surface area contributed by atoms with Crippen LogP contribution in [0, 0.1) is 0 Å². The van der Waals surface area contributed by atoms with Crippen molar-refractivity contribution in [3.05, 3.63) is 23.5 Å². The fraction of sp³-hybridized carbons (Fsp3) is 0.750. The van der Waals surface area contributed by atoms with Gasteiger partial charge in [-0.15, -0.1) is 0 Å². The Morgan fingerprint density at radius 1 is 1.04 bits per heavy atom. The Morgan fingerprint density at radius 2 is 1.68 bits per heavy atom. The molecule has 1 atom stereocenters. The van der Waals surface area contributed by atoms with Gasteiger partial charge in [-0.2, -0.15) is 0 Å². The number of piperidine rings is 2. The number of ether oxygens (including phenoxy) is 1. The molecule has 5 heteroatoms. The van der Waals surface area contributed by atoms with Crippen LogP contribution in [0.25, 0.3) is 0 Å². The maximum atomic E-state index is 12.7. The predicted octanol–water partition coefficient (Wildman–Crippen LogP) is 3.10. The van der Waals surface area contributed by atoms with Crippen molar-refractivity contribution in [2.45, 2.75) is 58.0 Å². The summed E-state index contributed by atoms with van der Waals surface area (Å²) in [5, 5.41) is 0. The molecule has 25 heavy (non-hydrogen) atoms. The summed E-state index contributed by atoms with van der Waals surface area (Å²) in [5.41, 5.74) is 2.37. The third kappa shape index (κ3) is 4.45. The lowest BCUT2D eigenvalue weighted by Gasteiger charge is -2.33. The van der Waals surface area contributed by atoms with Crippen molar-refractivity contribution in [1.82, 2.24) is 14.4 Å². The molecule has 3 heterocycles. The maximum absolute atomic E-state index is 12.7. The van der Waals surface area contributed by atoms with Gasteiger partial charge in [0.2, 0.25) is 0 Å². The minimum Gasteiger partial charge on any atom is -0.465 e. The smallest absolute Gasteiger partial charge is 0.329 e. The van der Waals surface area contributed by atoms with Crippen molar-refractivity contribution in [1.29, 1.82) is 0 Å². The Hall–Kier alpha value is -1.33. The average molecular weight is 348 g/mol. The molecule has 5 nitrogen and oxygen atoms in total. The van der Waals surface area contributed by atoms with Crippen LogP contribution in [-0.4, -0.2) is 53.1 Å². The second-order valence-electron chi connectivity index (χ2n) is 7.40. The summed E-state index contributed by atoms with van der Waals surface area (Å²) in [6.07, 6.45) is 7.56. The topological polar surface area (TPSA) is 37.7 Å². The molecule has 0 N–H and O–H groups in total. The van der Waals surface area contributed by atoms with Crippen LogP contribution in [0.5, 0.6) is 0 Å². The van der Waals surface area contributed by atoms with E-state index < -0.39 is 0 Å². The van der Waals surface area contributed by atoms with Gasteiger partial charge in [-0.25, -0.2) is 4.79 Å². The second kappa shape index (κ2) is 8.86. The van der Waals surface area contributed by atoms with E-state index >= 15 is 0 Å². The van der Waals surface area contributed by atoms with E-state index in [-0.39, 0.29) is 12.0 Å². The van der Waals surface area contributed by atoms with Crippen molar-refractivity contribution in [3.63, 3.8) is 0 Å². The molecule has 140 valence electrons. The van der Waals surface area contributed by atoms with Gasteiger partial charge in [0.1, 0.15) is 6.04 Å². The Labute approximate surface area is 151 Å². The monoisotopic (exact) mass is 347 g/mol. The summed E-state index contributed by atoms with van der Waals surface area (Å²) in [7, 11) is 2.10. The first kappa shape index (κ1) is 18.5. The highest BCUT2D eigenvalue weighted by molar-refractivity contribution is 5.77. The van der Waals surface area contributed by atoms with Crippen molar-refractivity contribution in [2.24, 2.45) is 7.05 Å². The van der Waals surface area contributed by atoms with E-state index in [4.69, 9.17) is 4.74 Å². The van der Waals surface area contributed by atoms with Crippen LogP contribution in [0.15, 0.2) is 12.1 Å². The number of likely N-dealkylation sites (tertiary alicyclic amines) is 2. The molecule has 0 bridgehead atoms. The highest BCUT2D eigenvalue weighted by atomic mass is 16.5. The molecule has 2 aliphatic heterocycles. The van der Waals surface area contributed by atoms with Gasteiger partial charge in [0.25, 0.3) is 0 Å². The highest BCUT2D eigenvalue weighted by Crippen LogP contribution is 2.28. The van der Waals surface area contributed by atoms with Gasteiger partial charge >= 0.3 is 5.97 Å². The fourth-order valence-corrected chi connectivity index (χ4v) is 4.21. The largest absolute Gasteiger partial charge is 0.465 e. The summed E-state index contributed by atoms with van der Waals surface area (Å²) in [5.74, 6) is -0.102. The molecule has 0 radical (unpaired) electrons. The standard InChI is InChI=1S/C20H33N3O2/c1-3-25-20(24)19(23-14-8-5-9-15-23)18-11-10-17(21(18)2)16-22-12-6-4-7-13-22/h10-11,19H,3-9,12-16H2,1-2H3. The first-order chi connectivity index (χ1) is 12.2. The molecule has 0 spiro atoms. The molecular formula is C20H33N3O2. The molecule has 2 aliphatic rings. The number of hydrogen-bond acceptors (Lipinski definition) is 4. The minimum absolute atomic E-state index is 0.102. The molecule has 2 fully saturated rings. The molecule has 0 aliphatic carbocycles. The van der Waals surface area contributed by atoms with E-state index in [2.05, 4.69) is 33.5 Å². The maximum Gasteiger partial charge on any atom is 0.329 e. The average Bonchev–Trinajstić information content (AvgIpc) is 2.98. The summed E-state index contributed by atoms with van der Waals surface area (Å²) in [4.78, 5) is 17.5. The van der Waals surface area contributed by atoms with Gasteiger partial charge in [0, 0.05) is 25.0 Å². The number of aromatic nitrogens is 1. The van der Waals surface area contributed by atoms with Crippen LogP contribution in [-0.2, 0) is 23.1 Å². The van der Waals surface area contributed by atoms with Gasteiger partial charge in [-0.05, 0) is 70.9 Å². The lowest BCUT2D eigenvalue weighted by Crippen LogP contribution is -2.39. The van der Waals surface area contributed by atoms with E-state index in [1.165, 1.54) is 57.3 Å². The number of rotatable bonds is 6. The second-order valence-corrected chi connectivity index (χ2v) is 7.40. The summed E-state index contributed by atoms with van der Waals surface area (Å²) < 4.78 is 7.65. The van der Waals surface area contributed by atoms with E-state index in [0.717, 1.165) is 25.3 Å². The SMILES string of the molecule is CCOC(=O)C(c1ccc(CN2CCCCC2)n1C)N1CCCCC1. The summed E-state index contributed by atoms with van der Waals surface area (Å²) in [6, 6.07) is 4.07. The molecular weight excluding hydrogens is 314 g/mol. The number of carbonyl (C=O) groups excluding carboxylic acids is 1. The fourth-order valence-electron chi connectivity index (χ4n) is 4.21. The zero-order valence-electron chi connectivity index (χ0n) is 15.9. The highest BCUT2D eigenvalue weighted by Gasteiger charge is 2.32. The zero-order chi connectivity index (χ0) is 17.6. The Morgan fingerprint density at radius 3 is 2.32 bits per heavy atom. The molecule has 3 rings (SSSR count). The number of hydrogen-bond donors (Lipinski definition) is 0. The van der Waals surface area contributed by atoms with Gasteiger partial charge in [-0.3, -0.25) is 9.80 Å². The van der Waals surface area contributed by atoms with E-state index in [9.17, 15) is 4.79 Å². The normalized spacial score (nSPS) is 21.2. The number of carbonyl (C=O) groups is 1. The third-order valence-corrected chi connectivity index (χ3v) is 5.64. The predicted molar refractivity (Wildman–Crippen MR) is 99.3 cm³/mol. The minimum atomic E-state index is -0.264. The number of esters is 1. The van der Waals surface area contributed by atoms with Crippen LogP contribution in [0.1, 0.15) is 62.9 Å². The van der Waals surface area contributed by atoms with Gasteiger partial charge in [0.05, 0.1) is 6.61 Å². The molecule has 1 aromatic heterocycles. The lowest BCUT2D eigenvalue weighted by atomic mass is 10.1. The Kier molecular flexibility index (Phi) is 6.54. The zero-order valence-corrected chi connectivity index (χ0v) is 15.9.